The summed E-state index contributed by atoms with van der Waals surface area (Å²) in [6.45, 7) is 8.43. The summed E-state index contributed by atoms with van der Waals surface area (Å²) in [6.07, 6.45) is -0.206. The molecule has 4 aliphatic heterocycles. The molecule has 4 rings (SSSR count). The molecule has 33 heavy (non-hydrogen) atoms. The van der Waals surface area contributed by atoms with Gasteiger partial charge in [0, 0.05) is 48.8 Å². The van der Waals surface area contributed by atoms with Crippen molar-refractivity contribution in [1.82, 2.24) is 19.6 Å². The van der Waals surface area contributed by atoms with Gasteiger partial charge in [0.25, 0.3) is 0 Å². The molecule has 11 heteroatoms. The molecule has 0 aromatic rings. The van der Waals surface area contributed by atoms with Crippen LogP contribution in [0.5, 0.6) is 0 Å². The number of nitrogens with one attached hydrogen (secondary N) is 1. The molecular formula is C22H33N5O5S. The lowest BCUT2D eigenvalue weighted by Crippen LogP contribution is -2.63. The van der Waals surface area contributed by atoms with Crippen LogP contribution >= 0.6 is 11.8 Å². The number of amidine groups is 1. The van der Waals surface area contributed by atoms with Gasteiger partial charge in [-0.05, 0) is 27.3 Å². The average Bonchev–Trinajstić information content (AvgIpc) is 3.23. The predicted octanol–water partition coefficient (Wildman–Crippen LogP) is 0.0874. The molecule has 3 saturated heterocycles. The van der Waals surface area contributed by atoms with E-state index in [1.165, 1.54) is 16.7 Å². The van der Waals surface area contributed by atoms with Gasteiger partial charge in [0.15, 0.2) is 0 Å². The summed E-state index contributed by atoms with van der Waals surface area (Å²) in [5, 5.41) is 27.7. The molecule has 0 radical (unpaired) electrons. The second-order valence-corrected chi connectivity index (χ2v) is 10.9. The Morgan fingerprint density at radius 2 is 1.79 bits per heavy atom. The Balaban J connectivity index is 1.44. The van der Waals surface area contributed by atoms with Crippen LogP contribution in [0.25, 0.3) is 0 Å². The number of carbonyl (C=O) groups excluding carboxylic acids is 2. The van der Waals surface area contributed by atoms with E-state index in [9.17, 15) is 24.6 Å². The van der Waals surface area contributed by atoms with E-state index < -0.39 is 18.0 Å². The van der Waals surface area contributed by atoms with Crippen LogP contribution in [0, 0.1) is 17.2 Å². The van der Waals surface area contributed by atoms with Gasteiger partial charge in [-0.2, -0.15) is 0 Å². The molecule has 5 unspecified atom stereocenters. The third-order valence-electron chi connectivity index (χ3n) is 7.47. The number of aliphatic carboxylic acids is 1. The van der Waals surface area contributed by atoms with E-state index in [-0.39, 0.29) is 40.8 Å². The number of carboxylic acids is 1. The first kappa shape index (κ1) is 24.0. The molecule has 0 saturated carbocycles. The number of carboxylic acid groups (broad SMARTS) is 1. The van der Waals surface area contributed by atoms with Crippen molar-refractivity contribution in [3.63, 3.8) is 0 Å². The first-order valence-electron chi connectivity index (χ1n) is 11.5. The minimum atomic E-state index is -1.12. The molecule has 0 aromatic heterocycles. The molecule has 3 fully saturated rings. The average molecular weight is 480 g/mol. The third-order valence-corrected chi connectivity index (χ3v) is 8.96. The first-order valence-corrected chi connectivity index (χ1v) is 12.3. The largest absolute Gasteiger partial charge is 0.477 e. The van der Waals surface area contributed by atoms with Crippen LogP contribution in [0.4, 0.5) is 0 Å². The maximum absolute atomic E-state index is 13.2. The topological polar surface area (TPSA) is 128 Å². The highest BCUT2D eigenvalue weighted by Crippen LogP contribution is 2.52. The minimum Gasteiger partial charge on any atom is -0.477 e. The fraction of sp³-hybridized carbons (Fsp3) is 0.727. The number of carbonyl (C=O) groups is 3. The molecular weight excluding hydrogens is 446 g/mol. The van der Waals surface area contributed by atoms with Crippen molar-refractivity contribution in [2.45, 2.75) is 50.6 Å². The molecule has 4 heterocycles. The Hall–Kier alpha value is -2.11. The van der Waals surface area contributed by atoms with Crippen LogP contribution in [0.2, 0.25) is 0 Å². The molecule has 4 aliphatic rings. The van der Waals surface area contributed by atoms with Gasteiger partial charge in [0.1, 0.15) is 5.70 Å². The van der Waals surface area contributed by atoms with E-state index in [2.05, 4.69) is 0 Å². The van der Waals surface area contributed by atoms with E-state index in [1.54, 1.807) is 13.8 Å². The lowest BCUT2D eigenvalue weighted by Gasteiger charge is -2.46. The SMILES string of the molecule is CC(=N)N1CCN(C(=O)C2CC(SC3=C(C(=O)O)N4C(=O)C(C(C)O)[C@@H]4C3C)CN2C)CC1. The molecule has 6 atom stereocenters. The maximum atomic E-state index is 13.2. The van der Waals surface area contributed by atoms with Crippen LogP contribution in [0.1, 0.15) is 27.2 Å². The molecule has 0 aromatic carbocycles. The Morgan fingerprint density at radius 3 is 2.33 bits per heavy atom. The van der Waals surface area contributed by atoms with E-state index in [4.69, 9.17) is 5.41 Å². The molecule has 10 nitrogen and oxygen atoms in total. The summed E-state index contributed by atoms with van der Waals surface area (Å²) < 4.78 is 0. The maximum Gasteiger partial charge on any atom is 0.353 e. The van der Waals surface area contributed by atoms with Gasteiger partial charge in [0.2, 0.25) is 11.8 Å². The smallest absolute Gasteiger partial charge is 0.353 e. The lowest BCUT2D eigenvalue weighted by molar-refractivity contribution is -0.163. The zero-order valence-electron chi connectivity index (χ0n) is 19.5. The van der Waals surface area contributed by atoms with Gasteiger partial charge in [-0.25, -0.2) is 4.79 Å². The van der Waals surface area contributed by atoms with Crippen molar-refractivity contribution in [1.29, 1.82) is 5.41 Å². The number of β-lactam (4-membered cyclic amide) rings is 1. The van der Waals surface area contributed by atoms with E-state index >= 15 is 0 Å². The first-order chi connectivity index (χ1) is 15.5. The molecule has 0 spiro atoms. The van der Waals surface area contributed by atoms with Gasteiger partial charge in [-0.1, -0.05) is 6.92 Å². The van der Waals surface area contributed by atoms with Crippen molar-refractivity contribution in [2.24, 2.45) is 11.8 Å². The Labute approximate surface area is 198 Å². The number of rotatable bonds is 5. The van der Waals surface area contributed by atoms with Crippen molar-refractivity contribution in [3.05, 3.63) is 10.6 Å². The monoisotopic (exact) mass is 479 g/mol. The van der Waals surface area contributed by atoms with Crippen molar-refractivity contribution in [2.75, 3.05) is 39.8 Å². The fourth-order valence-electron chi connectivity index (χ4n) is 5.66. The Morgan fingerprint density at radius 1 is 1.18 bits per heavy atom. The molecule has 182 valence electrons. The van der Waals surface area contributed by atoms with Gasteiger partial charge < -0.3 is 24.9 Å². The normalized spacial score (nSPS) is 33.3. The van der Waals surface area contributed by atoms with Crippen LogP contribution in [-0.2, 0) is 14.4 Å². The summed E-state index contributed by atoms with van der Waals surface area (Å²) in [7, 11) is 1.92. The number of aliphatic hydroxyl groups excluding tert-OH is 1. The highest BCUT2D eigenvalue weighted by molar-refractivity contribution is 8.03. The zero-order valence-corrected chi connectivity index (χ0v) is 20.3. The minimum absolute atomic E-state index is 0.0370. The summed E-state index contributed by atoms with van der Waals surface area (Å²) >= 11 is 1.47. The number of hydrogen-bond acceptors (Lipinski definition) is 7. The Kier molecular flexibility index (Phi) is 6.49. The number of likely N-dealkylation sites (tertiary alicyclic amines) is 1. The number of likely N-dealkylation sites (N-methyl/N-ethyl adjacent to an activating group) is 1. The van der Waals surface area contributed by atoms with Crippen LogP contribution in [0.15, 0.2) is 10.6 Å². The second-order valence-electron chi connectivity index (χ2n) is 9.60. The molecule has 0 aliphatic carbocycles. The predicted molar refractivity (Wildman–Crippen MR) is 124 cm³/mol. The van der Waals surface area contributed by atoms with Gasteiger partial charge >= 0.3 is 5.97 Å². The summed E-state index contributed by atoms with van der Waals surface area (Å²) in [5.41, 5.74) is 0.0370. The fourth-order valence-corrected chi connectivity index (χ4v) is 7.26. The van der Waals surface area contributed by atoms with E-state index in [0.717, 1.165) is 0 Å². The number of nitrogens with zero attached hydrogens (tertiary/aromatic N) is 4. The second kappa shape index (κ2) is 8.92. The van der Waals surface area contributed by atoms with E-state index in [1.807, 2.05) is 28.7 Å². The van der Waals surface area contributed by atoms with Gasteiger partial charge in [0.05, 0.1) is 29.9 Å². The van der Waals surface area contributed by atoms with Crippen LogP contribution in [-0.4, -0.2) is 117 Å². The number of hydrogen-bond donors (Lipinski definition) is 3. The highest BCUT2D eigenvalue weighted by atomic mass is 32.2. The molecule has 3 N–H and O–H groups in total. The number of piperazine rings is 1. The van der Waals surface area contributed by atoms with Crippen molar-refractivity contribution in [3.8, 4) is 0 Å². The highest BCUT2D eigenvalue weighted by Gasteiger charge is 2.60. The number of amides is 2. The number of thioether (sulfide) groups is 1. The van der Waals surface area contributed by atoms with Crippen LogP contribution in [0.3, 0.4) is 0 Å². The zero-order chi connectivity index (χ0) is 24.2. The lowest BCUT2D eigenvalue weighted by atomic mass is 9.79. The molecule has 2 amide bonds. The number of fused-ring (bicyclic) bond motifs is 1. The summed E-state index contributed by atoms with van der Waals surface area (Å²) in [4.78, 5) is 45.7. The summed E-state index contributed by atoms with van der Waals surface area (Å²) in [6, 6.07) is -0.583. The van der Waals surface area contributed by atoms with Crippen LogP contribution < -0.4 is 0 Å². The molecule has 0 bridgehead atoms. The standard InChI is InChI=1S/C22H33N5O5S/c1-11-17-16(12(2)28)21(30)27(17)18(22(31)32)19(11)33-14-9-15(24(4)10-14)20(29)26-7-5-25(6-8-26)13(3)23/h11-12,14-17,23,28H,5-10H2,1-4H3,(H,31,32)/t11?,12?,14?,15?,16?,17-/m0/s1. The Bertz CT molecular complexity index is 900. The third kappa shape index (κ3) is 4.04. The van der Waals surface area contributed by atoms with Crippen molar-refractivity contribution >= 4 is 35.4 Å². The van der Waals surface area contributed by atoms with E-state index in [0.29, 0.717) is 49.9 Å². The van der Waals surface area contributed by atoms with Gasteiger partial charge in [-0.3, -0.25) is 19.9 Å². The van der Waals surface area contributed by atoms with Gasteiger partial charge in [-0.15, -0.1) is 11.8 Å². The number of aliphatic hydroxyl groups is 1. The van der Waals surface area contributed by atoms with Crippen molar-refractivity contribution < 1.29 is 24.6 Å². The quantitative estimate of drug-likeness (QED) is 0.288. The summed E-state index contributed by atoms with van der Waals surface area (Å²) in [5.74, 6) is -1.59.